The molecular formula is C6H12O3. The summed E-state index contributed by atoms with van der Waals surface area (Å²) >= 11 is 0. The van der Waals surface area contributed by atoms with E-state index in [1.807, 2.05) is 0 Å². The van der Waals surface area contributed by atoms with Crippen molar-refractivity contribution >= 4 is 6.47 Å². The average molecular weight is 132 g/mol. The van der Waals surface area contributed by atoms with Crippen LogP contribution in [0.1, 0.15) is 19.3 Å². The maximum absolute atomic E-state index is 8.36. The van der Waals surface area contributed by atoms with Crippen LogP contribution in [0.3, 0.4) is 0 Å². The molecule has 3 nitrogen and oxygen atoms in total. The fourth-order valence-electron chi connectivity index (χ4n) is 0.687. The van der Waals surface area contributed by atoms with Crippen LogP contribution in [-0.2, 0) is 9.53 Å². The maximum atomic E-state index is 8.36. The highest BCUT2D eigenvalue weighted by Gasteiger charge is 1.94. The quantitative estimate of drug-likeness (QED) is 0.498. The Hall–Kier alpha value is -0.570. The second-order valence-electron chi connectivity index (χ2n) is 1.78. The summed E-state index contributed by atoms with van der Waals surface area (Å²) in [6, 6.07) is 0. The molecule has 54 valence electrons. The van der Waals surface area contributed by atoms with E-state index in [9.17, 15) is 0 Å². The van der Waals surface area contributed by atoms with Gasteiger partial charge in [-0.1, -0.05) is 0 Å². The van der Waals surface area contributed by atoms with Gasteiger partial charge in [-0.05, 0) is 19.3 Å². The van der Waals surface area contributed by atoms with E-state index in [1.165, 1.54) is 19.3 Å². The van der Waals surface area contributed by atoms with E-state index in [0.29, 0.717) is 0 Å². The Morgan fingerprint density at radius 3 is 1.78 bits per heavy atom. The van der Waals surface area contributed by atoms with Gasteiger partial charge in [0.25, 0.3) is 6.47 Å². The van der Waals surface area contributed by atoms with Crippen LogP contribution in [-0.4, -0.2) is 24.8 Å². The molecule has 0 aromatic carbocycles. The number of ether oxygens (including phenoxy) is 1. The molecule has 1 aliphatic rings. The zero-order valence-electron chi connectivity index (χ0n) is 5.38. The molecule has 0 radical (unpaired) electrons. The third kappa shape index (κ3) is 7.43. The minimum Gasteiger partial charge on any atom is -0.483 e. The zero-order valence-corrected chi connectivity index (χ0v) is 5.38. The van der Waals surface area contributed by atoms with Gasteiger partial charge >= 0.3 is 0 Å². The predicted molar refractivity (Wildman–Crippen MR) is 33.4 cm³/mol. The number of hydrogen-bond acceptors (Lipinski definition) is 2. The Balaban J connectivity index is 0.000000187. The Bertz CT molecular complexity index is 47.8. The molecule has 1 N–H and O–H groups in total. The van der Waals surface area contributed by atoms with Gasteiger partial charge in [0.1, 0.15) is 0 Å². The van der Waals surface area contributed by atoms with Crippen LogP contribution in [0.15, 0.2) is 0 Å². The van der Waals surface area contributed by atoms with Gasteiger partial charge in [-0.25, -0.2) is 0 Å². The van der Waals surface area contributed by atoms with Gasteiger partial charge in [0.05, 0.1) is 0 Å². The number of carbonyl (C=O) groups is 1. The molecule has 1 saturated heterocycles. The Morgan fingerprint density at radius 2 is 1.67 bits per heavy atom. The minimum absolute atomic E-state index is 0.250. The van der Waals surface area contributed by atoms with Gasteiger partial charge in [-0.2, -0.15) is 0 Å². The monoisotopic (exact) mass is 132 g/mol. The van der Waals surface area contributed by atoms with Gasteiger partial charge in [0.2, 0.25) is 0 Å². The normalized spacial score (nSPS) is 17.3. The number of carboxylic acid groups (broad SMARTS) is 1. The number of rotatable bonds is 0. The average Bonchev–Trinajstić information content (AvgIpc) is 1.93. The Kier molecular flexibility index (Phi) is 6.96. The van der Waals surface area contributed by atoms with Crippen molar-refractivity contribution in [1.29, 1.82) is 0 Å². The van der Waals surface area contributed by atoms with Crippen LogP contribution in [0.5, 0.6) is 0 Å². The third-order valence-electron chi connectivity index (χ3n) is 1.08. The molecule has 0 amide bonds. The van der Waals surface area contributed by atoms with Gasteiger partial charge < -0.3 is 9.84 Å². The van der Waals surface area contributed by atoms with Crippen molar-refractivity contribution in [3.63, 3.8) is 0 Å². The van der Waals surface area contributed by atoms with Crippen LogP contribution >= 0.6 is 0 Å². The Morgan fingerprint density at radius 1 is 1.22 bits per heavy atom. The van der Waals surface area contributed by atoms with Gasteiger partial charge in [-0.3, -0.25) is 4.79 Å². The summed E-state index contributed by atoms with van der Waals surface area (Å²) in [4.78, 5) is 8.36. The smallest absolute Gasteiger partial charge is 0.290 e. The predicted octanol–water partition coefficient (Wildman–Crippen LogP) is 0.888. The molecule has 1 heterocycles. The third-order valence-corrected chi connectivity index (χ3v) is 1.08. The van der Waals surface area contributed by atoms with Crippen molar-refractivity contribution in [3.05, 3.63) is 0 Å². The van der Waals surface area contributed by atoms with E-state index in [1.54, 1.807) is 0 Å². The highest BCUT2D eigenvalue weighted by molar-refractivity contribution is 5.32. The molecule has 9 heavy (non-hydrogen) atoms. The van der Waals surface area contributed by atoms with E-state index < -0.39 is 0 Å². The fraction of sp³-hybridized carbons (Fsp3) is 0.833. The lowest BCUT2D eigenvalue weighted by atomic mass is 10.2. The molecule has 0 atom stereocenters. The topological polar surface area (TPSA) is 46.5 Å². The van der Waals surface area contributed by atoms with Gasteiger partial charge in [-0.15, -0.1) is 0 Å². The van der Waals surface area contributed by atoms with E-state index in [2.05, 4.69) is 0 Å². The second kappa shape index (κ2) is 7.43. The second-order valence-corrected chi connectivity index (χ2v) is 1.78. The highest BCUT2D eigenvalue weighted by Crippen LogP contribution is 2.02. The van der Waals surface area contributed by atoms with Crippen molar-refractivity contribution < 1.29 is 14.6 Å². The first-order chi connectivity index (χ1) is 4.41. The van der Waals surface area contributed by atoms with Gasteiger partial charge in [0, 0.05) is 13.2 Å². The SMILES string of the molecule is C1CCOCC1.O=CO. The van der Waals surface area contributed by atoms with E-state index in [-0.39, 0.29) is 6.47 Å². The summed E-state index contributed by atoms with van der Waals surface area (Å²) in [6.07, 6.45) is 3.93. The lowest BCUT2D eigenvalue weighted by Gasteiger charge is -2.08. The number of hydrogen-bond donors (Lipinski definition) is 1. The lowest BCUT2D eigenvalue weighted by molar-refractivity contribution is -0.122. The summed E-state index contributed by atoms with van der Waals surface area (Å²) in [5.41, 5.74) is 0. The van der Waals surface area contributed by atoms with E-state index in [0.717, 1.165) is 13.2 Å². The lowest BCUT2D eigenvalue weighted by Crippen LogP contribution is -2.03. The molecular weight excluding hydrogens is 120 g/mol. The summed E-state index contributed by atoms with van der Waals surface area (Å²) in [7, 11) is 0. The first-order valence-electron chi connectivity index (χ1n) is 3.07. The molecule has 1 fully saturated rings. The van der Waals surface area contributed by atoms with Crippen LogP contribution in [0.25, 0.3) is 0 Å². The van der Waals surface area contributed by atoms with Crippen molar-refractivity contribution in [2.75, 3.05) is 13.2 Å². The van der Waals surface area contributed by atoms with Crippen LogP contribution in [0, 0.1) is 0 Å². The molecule has 0 spiro atoms. The summed E-state index contributed by atoms with van der Waals surface area (Å²) < 4.78 is 5.07. The van der Waals surface area contributed by atoms with Crippen LogP contribution < -0.4 is 0 Å². The zero-order chi connectivity index (χ0) is 6.95. The standard InChI is InChI=1S/C5H10O.CH2O2/c1-2-4-6-5-3-1;2-1-3/h1-5H2;1H,(H,2,3). The van der Waals surface area contributed by atoms with Crippen molar-refractivity contribution in [2.24, 2.45) is 0 Å². The van der Waals surface area contributed by atoms with Gasteiger partial charge in [0.15, 0.2) is 0 Å². The first-order valence-corrected chi connectivity index (χ1v) is 3.07. The first kappa shape index (κ1) is 8.43. The van der Waals surface area contributed by atoms with E-state index in [4.69, 9.17) is 14.6 Å². The minimum atomic E-state index is -0.250. The molecule has 3 heteroatoms. The van der Waals surface area contributed by atoms with Crippen molar-refractivity contribution in [2.45, 2.75) is 19.3 Å². The van der Waals surface area contributed by atoms with Crippen LogP contribution in [0.2, 0.25) is 0 Å². The summed E-state index contributed by atoms with van der Waals surface area (Å²) in [6.45, 7) is 1.75. The molecule has 0 aromatic rings. The van der Waals surface area contributed by atoms with Crippen molar-refractivity contribution in [1.82, 2.24) is 0 Å². The van der Waals surface area contributed by atoms with Crippen LogP contribution in [0.4, 0.5) is 0 Å². The fourth-order valence-corrected chi connectivity index (χ4v) is 0.687. The van der Waals surface area contributed by atoms with Crippen molar-refractivity contribution in [3.8, 4) is 0 Å². The highest BCUT2D eigenvalue weighted by atomic mass is 16.5. The van der Waals surface area contributed by atoms with E-state index >= 15 is 0 Å². The molecule has 0 aliphatic carbocycles. The summed E-state index contributed by atoms with van der Waals surface area (Å²) in [5, 5.41) is 6.89. The largest absolute Gasteiger partial charge is 0.483 e. The molecule has 0 aromatic heterocycles. The molecule has 1 aliphatic heterocycles. The maximum Gasteiger partial charge on any atom is 0.290 e. The summed E-state index contributed by atoms with van der Waals surface area (Å²) in [5.74, 6) is 0. The molecule has 0 unspecified atom stereocenters. The Labute approximate surface area is 54.6 Å². The molecule has 0 saturated carbocycles. The molecule has 1 rings (SSSR count). The molecule has 0 bridgehead atoms.